The molecule has 1 atom stereocenters. The number of amidine groups is 1. The van der Waals surface area contributed by atoms with Gasteiger partial charge in [0.25, 0.3) is 0 Å². The van der Waals surface area contributed by atoms with Crippen molar-refractivity contribution in [2.75, 3.05) is 5.75 Å². The van der Waals surface area contributed by atoms with Crippen LogP contribution in [-0.4, -0.2) is 17.4 Å². The fourth-order valence-electron chi connectivity index (χ4n) is 3.72. The summed E-state index contributed by atoms with van der Waals surface area (Å²) in [6.45, 7) is 0. The van der Waals surface area contributed by atoms with Crippen molar-refractivity contribution in [3.8, 4) is 12.1 Å². The van der Waals surface area contributed by atoms with Gasteiger partial charge in [-0.25, -0.2) is 4.99 Å². The number of nitrogens with zero attached hydrogens (tertiary/aromatic N) is 3. The molecule has 1 saturated carbocycles. The molecule has 5 nitrogen and oxygen atoms in total. The van der Waals surface area contributed by atoms with Gasteiger partial charge in [0.2, 0.25) is 0 Å². The third-order valence-electron chi connectivity index (χ3n) is 4.96. The Hall–Kier alpha value is -2.57. The lowest BCUT2D eigenvalue weighted by molar-refractivity contribution is 0.102. The third-order valence-corrected chi connectivity index (χ3v) is 5.94. The molecule has 25 heavy (non-hydrogen) atoms. The number of benzene rings is 1. The van der Waals surface area contributed by atoms with E-state index in [1.807, 2.05) is 18.2 Å². The van der Waals surface area contributed by atoms with E-state index >= 15 is 0 Å². The minimum atomic E-state index is -0.557. The van der Waals surface area contributed by atoms with Crippen molar-refractivity contribution in [3.05, 3.63) is 46.5 Å². The van der Waals surface area contributed by atoms with E-state index in [-0.39, 0.29) is 17.4 Å². The van der Waals surface area contributed by atoms with Gasteiger partial charge in [-0.2, -0.15) is 10.5 Å². The molecule has 126 valence electrons. The third kappa shape index (κ3) is 3.06. The zero-order chi connectivity index (χ0) is 17.9. The average molecular weight is 350 g/mol. The molecule has 1 aromatic carbocycles. The maximum Gasteiger partial charge on any atom is 0.173 e. The van der Waals surface area contributed by atoms with Gasteiger partial charge in [0.15, 0.2) is 5.78 Å². The Labute approximate surface area is 151 Å². The zero-order valence-electron chi connectivity index (χ0n) is 13.7. The van der Waals surface area contributed by atoms with Gasteiger partial charge in [-0.15, -0.1) is 0 Å². The van der Waals surface area contributed by atoms with E-state index in [1.54, 1.807) is 12.1 Å². The number of carbonyl (C=O) groups is 1. The highest BCUT2D eigenvalue weighted by Crippen LogP contribution is 2.53. The van der Waals surface area contributed by atoms with Gasteiger partial charge in [0.05, 0.1) is 23.5 Å². The molecule has 1 aromatic rings. The first-order valence-electron chi connectivity index (χ1n) is 8.22. The molecule has 1 unspecified atom stereocenters. The van der Waals surface area contributed by atoms with Gasteiger partial charge in [-0.1, -0.05) is 54.9 Å². The predicted molar refractivity (Wildman–Crippen MR) is 97.5 cm³/mol. The quantitative estimate of drug-likeness (QED) is 0.838. The molecular formula is C19H18N4OS. The molecule has 2 N–H and O–H groups in total. The zero-order valence-corrected chi connectivity index (χ0v) is 14.6. The molecular weight excluding hydrogens is 332 g/mol. The second-order valence-corrected chi connectivity index (χ2v) is 7.30. The Balaban J connectivity index is 1.89. The number of Topliss-reactive ketones (excluding diaryl/α,β-unsaturated/α-hetero) is 1. The van der Waals surface area contributed by atoms with Gasteiger partial charge in [0.1, 0.15) is 16.8 Å². The molecule has 0 amide bonds. The molecule has 6 heteroatoms. The van der Waals surface area contributed by atoms with Crippen molar-refractivity contribution in [3.63, 3.8) is 0 Å². The summed E-state index contributed by atoms with van der Waals surface area (Å²) in [6, 6.07) is 13.5. The Bertz CT molecular complexity index is 823. The monoisotopic (exact) mass is 350 g/mol. The Morgan fingerprint density at radius 1 is 1.28 bits per heavy atom. The molecule has 1 heterocycles. The first-order chi connectivity index (χ1) is 12.1. The van der Waals surface area contributed by atoms with Gasteiger partial charge in [-0.3, -0.25) is 4.79 Å². The van der Waals surface area contributed by atoms with Crippen LogP contribution < -0.4 is 5.73 Å². The summed E-state index contributed by atoms with van der Waals surface area (Å²) < 4.78 is 0. The Morgan fingerprint density at radius 2 is 1.96 bits per heavy atom. The number of hydrogen-bond donors (Lipinski definition) is 1. The van der Waals surface area contributed by atoms with E-state index in [2.05, 4.69) is 17.1 Å². The minimum absolute atomic E-state index is 0.0213. The van der Waals surface area contributed by atoms with Crippen LogP contribution in [0, 0.1) is 34.0 Å². The van der Waals surface area contributed by atoms with Gasteiger partial charge >= 0.3 is 0 Å². The highest BCUT2D eigenvalue weighted by atomic mass is 32.2. The van der Waals surface area contributed by atoms with Crippen molar-refractivity contribution < 1.29 is 4.79 Å². The Kier molecular flexibility index (Phi) is 4.92. The SMILES string of the molecule is N#CC1=C(SCC(=O)c2ccccc2)N=C(N)C(C#N)C12CCCC2. The maximum absolute atomic E-state index is 12.3. The summed E-state index contributed by atoms with van der Waals surface area (Å²) in [4.78, 5) is 16.6. The maximum atomic E-state index is 12.3. The fourth-order valence-corrected chi connectivity index (χ4v) is 4.71. The standard InChI is InChI=1S/C19H18N4OS/c20-10-14-17(22)23-18(15(11-21)19(14)8-4-5-9-19)25-12-16(24)13-6-2-1-3-7-13/h1-3,6-7,14H,4-5,8-9,12H2,(H2,22,23). The van der Waals surface area contributed by atoms with Crippen molar-refractivity contribution in [2.24, 2.45) is 22.1 Å². The van der Waals surface area contributed by atoms with Crippen LogP contribution >= 0.6 is 11.8 Å². The van der Waals surface area contributed by atoms with Crippen molar-refractivity contribution in [1.82, 2.24) is 0 Å². The minimum Gasteiger partial charge on any atom is -0.386 e. The first kappa shape index (κ1) is 17.3. The molecule has 0 radical (unpaired) electrons. The van der Waals surface area contributed by atoms with Crippen LogP contribution in [0.1, 0.15) is 36.0 Å². The number of thioether (sulfide) groups is 1. The largest absolute Gasteiger partial charge is 0.386 e. The summed E-state index contributed by atoms with van der Waals surface area (Å²) in [5, 5.41) is 19.8. The van der Waals surface area contributed by atoms with Crippen molar-refractivity contribution in [2.45, 2.75) is 25.7 Å². The molecule has 1 spiro atoms. The van der Waals surface area contributed by atoms with E-state index < -0.39 is 11.3 Å². The summed E-state index contributed by atoms with van der Waals surface area (Å²) in [7, 11) is 0. The van der Waals surface area contributed by atoms with E-state index in [0.29, 0.717) is 16.2 Å². The topological polar surface area (TPSA) is 103 Å². The van der Waals surface area contributed by atoms with Gasteiger partial charge < -0.3 is 5.73 Å². The number of nitriles is 2. The summed E-state index contributed by atoms with van der Waals surface area (Å²) >= 11 is 1.24. The highest BCUT2D eigenvalue weighted by Gasteiger charge is 2.50. The van der Waals surface area contributed by atoms with Gasteiger partial charge in [-0.05, 0) is 12.8 Å². The van der Waals surface area contributed by atoms with Crippen LogP contribution in [-0.2, 0) is 0 Å². The van der Waals surface area contributed by atoms with Crippen LogP contribution in [0.25, 0.3) is 0 Å². The van der Waals surface area contributed by atoms with E-state index in [9.17, 15) is 15.3 Å². The normalized spacial score (nSPS) is 21.5. The average Bonchev–Trinajstić information content (AvgIpc) is 3.10. The predicted octanol–water partition coefficient (Wildman–Crippen LogP) is 3.41. The molecule has 3 rings (SSSR count). The van der Waals surface area contributed by atoms with Crippen LogP contribution in [0.5, 0.6) is 0 Å². The first-order valence-corrected chi connectivity index (χ1v) is 9.20. The van der Waals surface area contributed by atoms with E-state index in [4.69, 9.17) is 5.73 Å². The molecule has 0 aromatic heterocycles. The number of ketones is 1. The number of nitrogens with two attached hydrogens (primary N) is 1. The van der Waals surface area contributed by atoms with Crippen LogP contribution in [0.3, 0.4) is 0 Å². The lowest BCUT2D eigenvalue weighted by Gasteiger charge is -2.36. The van der Waals surface area contributed by atoms with Gasteiger partial charge in [0, 0.05) is 11.0 Å². The summed E-state index contributed by atoms with van der Waals surface area (Å²) in [5.41, 5.74) is 6.68. The second-order valence-electron chi connectivity index (χ2n) is 6.33. The van der Waals surface area contributed by atoms with E-state index in [0.717, 1.165) is 25.7 Å². The molecule has 2 aliphatic rings. The number of hydrogen-bond acceptors (Lipinski definition) is 6. The lowest BCUT2D eigenvalue weighted by atomic mass is 9.68. The highest BCUT2D eigenvalue weighted by molar-refractivity contribution is 8.03. The molecule has 1 aliphatic carbocycles. The Morgan fingerprint density at radius 3 is 2.56 bits per heavy atom. The van der Waals surface area contributed by atoms with Crippen LogP contribution in [0.15, 0.2) is 45.9 Å². The van der Waals surface area contributed by atoms with Crippen LogP contribution in [0.2, 0.25) is 0 Å². The number of carbonyl (C=O) groups excluding carboxylic acids is 1. The number of aliphatic imine (C=N–C) groups is 1. The lowest BCUT2D eigenvalue weighted by Crippen LogP contribution is -2.41. The number of allylic oxidation sites excluding steroid dienone is 1. The molecule has 1 fully saturated rings. The van der Waals surface area contributed by atoms with Crippen molar-refractivity contribution >= 4 is 23.4 Å². The summed E-state index contributed by atoms with van der Waals surface area (Å²) in [5.74, 6) is -0.127. The second kappa shape index (κ2) is 7.13. The molecule has 0 saturated heterocycles. The van der Waals surface area contributed by atoms with E-state index in [1.165, 1.54) is 11.8 Å². The fraction of sp³-hybridized carbons (Fsp3) is 0.368. The van der Waals surface area contributed by atoms with Crippen LogP contribution in [0.4, 0.5) is 0 Å². The smallest absolute Gasteiger partial charge is 0.173 e. The summed E-state index contributed by atoms with van der Waals surface area (Å²) in [6.07, 6.45) is 3.47. The number of rotatable bonds is 4. The molecule has 1 aliphatic heterocycles. The van der Waals surface area contributed by atoms with Crippen molar-refractivity contribution in [1.29, 1.82) is 10.5 Å². The molecule has 0 bridgehead atoms.